The van der Waals surface area contributed by atoms with Crippen molar-refractivity contribution in [3.05, 3.63) is 58.3 Å². The van der Waals surface area contributed by atoms with Crippen LogP contribution in [-0.4, -0.2) is 31.1 Å². The highest BCUT2D eigenvalue weighted by molar-refractivity contribution is 7.10. The largest absolute Gasteiger partial charge is 0.376 e. The second-order valence-electron chi connectivity index (χ2n) is 5.73. The molecule has 25 heavy (non-hydrogen) atoms. The fourth-order valence-electron chi connectivity index (χ4n) is 2.62. The van der Waals surface area contributed by atoms with E-state index in [0.717, 1.165) is 24.3 Å². The molecule has 1 atom stereocenters. The first-order valence-corrected chi connectivity index (χ1v) is 9.12. The SMILES string of the molecule is O=C(/C=C/c1cccs1)Nc1ccccc1C(=O)NCC1CCCO1. The second kappa shape index (κ2) is 8.60. The van der Waals surface area contributed by atoms with E-state index < -0.39 is 0 Å². The number of carbonyl (C=O) groups is 2. The molecule has 1 unspecified atom stereocenters. The van der Waals surface area contributed by atoms with E-state index in [1.807, 2.05) is 17.5 Å². The molecule has 0 saturated carbocycles. The highest BCUT2D eigenvalue weighted by atomic mass is 32.1. The summed E-state index contributed by atoms with van der Waals surface area (Å²) in [6.07, 6.45) is 5.29. The first-order chi connectivity index (χ1) is 12.2. The molecule has 3 rings (SSSR count). The minimum absolute atomic E-state index is 0.0828. The predicted octanol–water partition coefficient (Wildman–Crippen LogP) is 3.31. The molecule has 5 nitrogen and oxygen atoms in total. The lowest BCUT2D eigenvalue weighted by atomic mass is 10.1. The summed E-state index contributed by atoms with van der Waals surface area (Å²) in [5, 5.41) is 7.60. The van der Waals surface area contributed by atoms with Crippen molar-refractivity contribution in [1.82, 2.24) is 5.32 Å². The van der Waals surface area contributed by atoms with E-state index in [1.54, 1.807) is 41.7 Å². The van der Waals surface area contributed by atoms with Gasteiger partial charge in [-0.25, -0.2) is 0 Å². The van der Waals surface area contributed by atoms with Crippen molar-refractivity contribution in [2.45, 2.75) is 18.9 Å². The molecular weight excluding hydrogens is 336 g/mol. The van der Waals surface area contributed by atoms with E-state index in [-0.39, 0.29) is 17.9 Å². The Morgan fingerprint density at radius 1 is 1.24 bits per heavy atom. The lowest BCUT2D eigenvalue weighted by Gasteiger charge is -2.13. The van der Waals surface area contributed by atoms with Gasteiger partial charge in [0, 0.05) is 24.1 Å². The molecule has 2 N–H and O–H groups in total. The maximum Gasteiger partial charge on any atom is 0.253 e. The van der Waals surface area contributed by atoms with Crippen LogP contribution in [0.5, 0.6) is 0 Å². The number of para-hydroxylation sites is 1. The van der Waals surface area contributed by atoms with Gasteiger partial charge in [-0.15, -0.1) is 11.3 Å². The molecule has 1 saturated heterocycles. The summed E-state index contributed by atoms with van der Waals surface area (Å²) in [5.41, 5.74) is 0.937. The van der Waals surface area contributed by atoms with E-state index in [0.29, 0.717) is 17.8 Å². The average Bonchev–Trinajstić information content (AvgIpc) is 3.32. The van der Waals surface area contributed by atoms with Crippen molar-refractivity contribution >= 4 is 34.9 Å². The Hall–Kier alpha value is -2.44. The number of benzene rings is 1. The van der Waals surface area contributed by atoms with E-state index >= 15 is 0 Å². The van der Waals surface area contributed by atoms with Gasteiger partial charge in [0.1, 0.15) is 0 Å². The number of hydrogen-bond donors (Lipinski definition) is 2. The molecule has 1 aliphatic heterocycles. The van der Waals surface area contributed by atoms with Crippen LogP contribution in [0.15, 0.2) is 47.9 Å². The normalized spacial score (nSPS) is 16.9. The van der Waals surface area contributed by atoms with Crippen LogP contribution >= 0.6 is 11.3 Å². The highest BCUT2D eigenvalue weighted by Gasteiger charge is 2.18. The van der Waals surface area contributed by atoms with Crippen molar-refractivity contribution in [2.24, 2.45) is 0 Å². The summed E-state index contributed by atoms with van der Waals surface area (Å²) in [4.78, 5) is 25.5. The van der Waals surface area contributed by atoms with Gasteiger partial charge in [0.2, 0.25) is 5.91 Å². The van der Waals surface area contributed by atoms with Crippen molar-refractivity contribution in [3.8, 4) is 0 Å². The molecule has 1 aliphatic rings. The van der Waals surface area contributed by atoms with Crippen LogP contribution in [0, 0.1) is 0 Å². The molecule has 2 heterocycles. The van der Waals surface area contributed by atoms with Crippen LogP contribution in [0.1, 0.15) is 28.1 Å². The third-order valence-corrected chi connectivity index (χ3v) is 4.72. The predicted molar refractivity (Wildman–Crippen MR) is 99.7 cm³/mol. The van der Waals surface area contributed by atoms with Crippen molar-refractivity contribution in [3.63, 3.8) is 0 Å². The fraction of sp³-hybridized carbons (Fsp3) is 0.263. The Kier molecular flexibility index (Phi) is 5.98. The number of anilines is 1. The van der Waals surface area contributed by atoms with Crippen LogP contribution in [0.25, 0.3) is 6.08 Å². The number of nitrogens with one attached hydrogen (secondary N) is 2. The molecule has 0 bridgehead atoms. The third-order valence-electron chi connectivity index (χ3n) is 3.89. The fourth-order valence-corrected chi connectivity index (χ4v) is 3.23. The van der Waals surface area contributed by atoms with E-state index in [1.165, 1.54) is 6.08 Å². The van der Waals surface area contributed by atoms with Gasteiger partial charge < -0.3 is 15.4 Å². The zero-order valence-electron chi connectivity index (χ0n) is 13.7. The van der Waals surface area contributed by atoms with Crippen LogP contribution in [0.3, 0.4) is 0 Å². The summed E-state index contributed by atoms with van der Waals surface area (Å²) < 4.78 is 5.51. The highest BCUT2D eigenvalue weighted by Crippen LogP contribution is 2.16. The number of thiophene rings is 1. The topological polar surface area (TPSA) is 67.4 Å². The standard InChI is InChI=1S/C19H20N2O3S/c22-18(10-9-15-6-4-12-25-15)21-17-8-2-1-7-16(17)19(23)20-13-14-5-3-11-24-14/h1-2,4,6-10,12,14H,3,5,11,13H2,(H,20,23)(H,21,22)/b10-9+. The molecule has 0 spiro atoms. The van der Waals surface area contributed by atoms with Crippen molar-refractivity contribution in [2.75, 3.05) is 18.5 Å². The molecule has 1 aromatic heterocycles. The van der Waals surface area contributed by atoms with Gasteiger partial charge in [0.25, 0.3) is 5.91 Å². The zero-order chi connectivity index (χ0) is 17.5. The summed E-state index contributed by atoms with van der Waals surface area (Å²) >= 11 is 1.56. The average molecular weight is 356 g/mol. The maximum atomic E-state index is 12.4. The Bertz CT molecular complexity index is 750. The second-order valence-corrected chi connectivity index (χ2v) is 6.71. The molecule has 0 radical (unpaired) electrons. The Morgan fingerprint density at radius 2 is 2.12 bits per heavy atom. The minimum atomic E-state index is -0.271. The van der Waals surface area contributed by atoms with Gasteiger partial charge in [-0.2, -0.15) is 0 Å². The maximum absolute atomic E-state index is 12.4. The van der Waals surface area contributed by atoms with Crippen molar-refractivity contribution in [1.29, 1.82) is 0 Å². The van der Waals surface area contributed by atoms with E-state index in [9.17, 15) is 9.59 Å². The molecule has 2 aromatic rings. The molecule has 6 heteroatoms. The van der Waals surface area contributed by atoms with E-state index in [2.05, 4.69) is 10.6 Å². The Morgan fingerprint density at radius 3 is 2.88 bits per heavy atom. The van der Waals surface area contributed by atoms with Crippen molar-refractivity contribution < 1.29 is 14.3 Å². The van der Waals surface area contributed by atoms with Crippen LogP contribution in [0.4, 0.5) is 5.69 Å². The monoisotopic (exact) mass is 356 g/mol. The summed E-state index contributed by atoms with van der Waals surface area (Å²) in [5.74, 6) is -0.485. The zero-order valence-corrected chi connectivity index (χ0v) is 14.6. The number of hydrogen-bond acceptors (Lipinski definition) is 4. The number of rotatable bonds is 6. The molecule has 1 aromatic carbocycles. The molecule has 1 fully saturated rings. The first kappa shape index (κ1) is 17.4. The first-order valence-electron chi connectivity index (χ1n) is 8.24. The van der Waals surface area contributed by atoms with Gasteiger partial charge in [-0.1, -0.05) is 18.2 Å². The van der Waals surface area contributed by atoms with Crippen LogP contribution < -0.4 is 10.6 Å². The van der Waals surface area contributed by atoms with Gasteiger partial charge in [0.05, 0.1) is 17.4 Å². The van der Waals surface area contributed by atoms with Gasteiger partial charge >= 0.3 is 0 Å². The van der Waals surface area contributed by atoms with Crippen LogP contribution in [-0.2, 0) is 9.53 Å². The van der Waals surface area contributed by atoms with Gasteiger partial charge in [-0.3, -0.25) is 9.59 Å². The summed E-state index contributed by atoms with van der Waals surface area (Å²) in [6, 6.07) is 10.8. The Labute approximate surface area is 150 Å². The van der Waals surface area contributed by atoms with E-state index in [4.69, 9.17) is 4.74 Å². The number of ether oxygens (including phenoxy) is 1. The van der Waals surface area contributed by atoms with Gasteiger partial charge in [0.15, 0.2) is 0 Å². The van der Waals surface area contributed by atoms with Gasteiger partial charge in [-0.05, 0) is 42.5 Å². The number of carbonyl (C=O) groups excluding carboxylic acids is 2. The van der Waals surface area contributed by atoms with Crippen LogP contribution in [0.2, 0.25) is 0 Å². The molecule has 2 amide bonds. The smallest absolute Gasteiger partial charge is 0.253 e. The Balaban J connectivity index is 1.61. The quantitative estimate of drug-likeness (QED) is 0.781. The summed E-state index contributed by atoms with van der Waals surface area (Å²) in [7, 11) is 0. The number of amides is 2. The summed E-state index contributed by atoms with van der Waals surface area (Å²) in [6.45, 7) is 1.24. The third kappa shape index (κ3) is 5.01. The molecule has 130 valence electrons. The lowest BCUT2D eigenvalue weighted by Crippen LogP contribution is -2.32. The molecular formula is C19H20N2O3S. The minimum Gasteiger partial charge on any atom is -0.376 e. The lowest BCUT2D eigenvalue weighted by molar-refractivity contribution is -0.111. The molecule has 0 aliphatic carbocycles.